The summed E-state index contributed by atoms with van der Waals surface area (Å²) in [5.74, 6) is 1.33. The Morgan fingerprint density at radius 3 is 2.64 bits per heavy atom. The first kappa shape index (κ1) is 7.10. The molecule has 62 valence electrons. The quantitative estimate of drug-likeness (QED) is 0.587. The molecule has 0 aromatic carbocycles. The molecule has 0 aromatic rings. The maximum Gasteiger partial charge on any atom is 0.223 e. The van der Waals surface area contributed by atoms with Crippen molar-refractivity contribution < 1.29 is 4.79 Å². The fraction of sp³-hybridized carbons (Fsp3) is 0.875. The van der Waals surface area contributed by atoms with Gasteiger partial charge < -0.3 is 10.6 Å². The van der Waals surface area contributed by atoms with Crippen molar-refractivity contribution in [2.24, 2.45) is 11.8 Å². The van der Waals surface area contributed by atoms with E-state index in [1.807, 2.05) is 0 Å². The fourth-order valence-electron chi connectivity index (χ4n) is 1.23. The number of carbonyl (C=O) groups excluding carboxylic acids is 1. The van der Waals surface area contributed by atoms with Gasteiger partial charge in [0.2, 0.25) is 5.91 Å². The summed E-state index contributed by atoms with van der Waals surface area (Å²) in [7, 11) is 0. The highest BCUT2D eigenvalue weighted by atomic mass is 16.2. The van der Waals surface area contributed by atoms with Crippen molar-refractivity contribution in [2.75, 3.05) is 19.6 Å². The molecule has 2 fully saturated rings. The highest BCUT2D eigenvalue weighted by Crippen LogP contribution is 2.28. The van der Waals surface area contributed by atoms with Gasteiger partial charge in [-0.15, -0.1) is 0 Å². The molecule has 3 nitrogen and oxygen atoms in total. The fourth-order valence-corrected chi connectivity index (χ4v) is 1.23. The molecule has 2 N–H and O–H groups in total. The van der Waals surface area contributed by atoms with Crippen molar-refractivity contribution in [2.45, 2.75) is 12.8 Å². The van der Waals surface area contributed by atoms with Gasteiger partial charge in [-0.05, 0) is 12.8 Å². The number of carbonyl (C=O) groups is 1. The van der Waals surface area contributed by atoms with Crippen LogP contribution in [0.2, 0.25) is 0 Å². The molecule has 0 spiro atoms. The highest BCUT2D eigenvalue weighted by molar-refractivity contribution is 5.80. The van der Waals surface area contributed by atoms with Crippen molar-refractivity contribution in [3.05, 3.63) is 0 Å². The molecular weight excluding hydrogens is 140 g/mol. The third-order valence-electron chi connectivity index (χ3n) is 2.38. The van der Waals surface area contributed by atoms with Crippen molar-refractivity contribution in [3.63, 3.8) is 0 Å². The van der Waals surface area contributed by atoms with Gasteiger partial charge >= 0.3 is 0 Å². The summed E-state index contributed by atoms with van der Waals surface area (Å²) in [5.41, 5.74) is 0. The first-order chi connectivity index (χ1) is 5.36. The van der Waals surface area contributed by atoms with Gasteiger partial charge in [-0.1, -0.05) is 0 Å². The normalized spacial score (nSPS) is 24.4. The molecule has 3 heteroatoms. The van der Waals surface area contributed by atoms with E-state index in [4.69, 9.17) is 0 Å². The van der Waals surface area contributed by atoms with Crippen molar-refractivity contribution in [1.29, 1.82) is 0 Å². The van der Waals surface area contributed by atoms with Crippen molar-refractivity contribution in [3.8, 4) is 0 Å². The molecule has 1 amide bonds. The second-order valence-electron chi connectivity index (χ2n) is 3.54. The van der Waals surface area contributed by atoms with Crippen LogP contribution in [0.1, 0.15) is 12.8 Å². The molecule has 1 aliphatic heterocycles. The lowest BCUT2D eigenvalue weighted by atomic mass is 10.0. The number of hydrogen-bond donors (Lipinski definition) is 2. The minimum absolute atomic E-state index is 0.275. The first-order valence-corrected chi connectivity index (χ1v) is 4.34. The van der Waals surface area contributed by atoms with E-state index in [1.54, 1.807) is 0 Å². The Morgan fingerprint density at radius 2 is 2.18 bits per heavy atom. The predicted octanol–water partition coefficient (Wildman–Crippen LogP) is -0.268. The van der Waals surface area contributed by atoms with Crippen LogP contribution in [0.4, 0.5) is 0 Å². The van der Waals surface area contributed by atoms with Crippen LogP contribution in [0.15, 0.2) is 0 Å². The van der Waals surface area contributed by atoms with Gasteiger partial charge in [-0.2, -0.15) is 0 Å². The van der Waals surface area contributed by atoms with Crippen LogP contribution in [0.25, 0.3) is 0 Å². The van der Waals surface area contributed by atoms with E-state index < -0.39 is 0 Å². The van der Waals surface area contributed by atoms with Crippen LogP contribution in [-0.4, -0.2) is 25.5 Å². The van der Waals surface area contributed by atoms with Crippen LogP contribution < -0.4 is 10.6 Å². The summed E-state index contributed by atoms with van der Waals surface area (Å²) in [4.78, 5) is 11.1. The lowest BCUT2D eigenvalue weighted by Gasteiger charge is -2.27. The van der Waals surface area contributed by atoms with Crippen molar-refractivity contribution >= 4 is 5.91 Å². The Kier molecular flexibility index (Phi) is 1.82. The third kappa shape index (κ3) is 1.71. The van der Waals surface area contributed by atoms with E-state index in [2.05, 4.69) is 10.6 Å². The Morgan fingerprint density at radius 1 is 1.45 bits per heavy atom. The van der Waals surface area contributed by atoms with E-state index in [-0.39, 0.29) is 5.91 Å². The lowest BCUT2D eigenvalue weighted by molar-refractivity contribution is -0.122. The SMILES string of the molecule is O=C(NCC1CNC1)C1CC1. The molecule has 0 radical (unpaired) electrons. The van der Waals surface area contributed by atoms with Gasteiger partial charge in [-0.3, -0.25) is 4.79 Å². The van der Waals surface area contributed by atoms with E-state index in [1.165, 1.54) is 0 Å². The van der Waals surface area contributed by atoms with Gasteiger partial charge in [0.25, 0.3) is 0 Å². The minimum Gasteiger partial charge on any atom is -0.355 e. The van der Waals surface area contributed by atoms with Crippen LogP contribution in [0.5, 0.6) is 0 Å². The summed E-state index contributed by atoms with van der Waals surface area (Å²) in [6.45, 7) is 3.03. The van der Waals surface area contributed by atoms with Gasteiger partial charge in [0.15, 0.2) is 0 Å². The average molecular weight is 154 g/mol. The molecule has 11 heavy (non-hydrogen) atoms. The van der Waals surface area contributed by atoms with Crippen LogP contribution in [0.3, 0.4) is 0 Å². The molecule has 0 unspecified atom stereocenters. The topological polar surface area (TPSA) is 41.1 Å². The largest absolute Gasteiger partial charge is 0.355 e. The van der Waals surface area contributed by atoms with Gasteiger partial charge in [-0.25, -0.2) is 0 Å². The average Bonchev–Trinajstić information content (AvgIpc) is 2.64. The molecule has 0 aromatic heterocycles. The highest BCUT2D eigenvalue weighted by Gasteiger charge is 2.30. The number of amides is 1. The van der Waals surface area contributed by atoms with Gasteiger partial charge in [0.1, 0.15) is 0 Å². The van der Waals surface area contributed by atoms with E-state index in [0.717, 1.165) is 32.5 Å². The van der Waals surface area contributed by atoms with Crippen LogP contribution >= 0.6 is 0 Å². The smallest absolute Gasteiger partial charge is 0.223 e. The molecule has 1 aliphatic carbocycles. The molecule has 0 bridgehead atoms. The number of rotatable bonds is 3. The summed E-state index contributed by atoms with van der Waals surface area (Å²) in [6.07, 6.45) is 2.21. The minimum atomic E-state index is 0.275. The maximum atomic E-state index is 11.1. The van der Waals surface area contributed by atoms with Crippen LogP contribution in [0, 0.1) is 11.8 Å². The molecule has 2 rings (SSSR count). The zero-order valence-electron chi connectivity index (χ0n) is 6.60. The molecule has 2 aliphatic rings. The Bertz CT molecular complexity index is 161. The predicted molar refractivity (Wildman–Crippen MR) is 42.1 cm³/mol. The first-order valence-electron chi connectivity index (χ1n) is 4.34. The second-order valence-corrected chi connectivity index (χ2v) is 3.54. The van der Waals surface area contributed by atoms with Crippen molar-refractivity contribution in [1.82, 2.24) is 10.6 Å². The molecule has 1 saturated carbocycles. The molecular formula is C8H14N2O. The third-order valence-corrected chi connectivity index (χ3v) is 2.38. The monoisotopic (exact) mass is 154 g/mol. The molecule has 1 saturated heterocycles. The number of nitrogens with one attached hydrogen (secondary N) is 2. The number of hydrogen-bond acceptors (Lipinski definition) is 2. The summed E-state index contributed by atoms with van der Waals surface area (Å²) >= 11 is 0. The maximum absolute atomic E-state index is 11.1. The second kappa shape index (κ2) is 2.81. The summed E-state index contributed by atoms with van der Waals surface area (Å²) in [6, 6.07) is 0. The Hall–Kier alpha value is -0.570. The van der Waals surface area contributed by atoms with E-state index >= 15 is 0 Å². The zero-order chi connectivity index (χ0) is 7.68. The van der Waals surface area contributed by atoms with Gasteiger partial charge in [0.05, 0.1) is 0 Å². The van der Waals surface area contributed by atoms with E-state index in [0.29, 0.717) is 11.8 Å². The lowest BCUT2D eigenvalue weighted by Crippen LogP contribution is -2.48. The Balaban J connectivity index is 1.60. The molecule has 1 heterocycles. The molecule has 0 atom stereocenters. The summed E-state index contributed by atoms with van der Waals surface area (Å²) < 4.78 is 0. The van der Waals surface area contributed by atoms with Gasteiger partial charge in [0, 0.05) is 31.5 Å². The van der Waals surface area contributed by atoms with Crippen LogP contribution in [-0.2, 0) is 4.79 Å². The Labute approximate surface area is 66.5 Å². The zero-order valence-corrected chi connectivity index (χ0v) is 6.60. The standard InChI is InChI=1S/C8H14N2O/c11-8(7-1-2-7)10-5-6-3-9-4-6/h6-7,9H,1-5H2,(H,10,11). The summed E-state index contributed by atoms with van der Waals surface area (Å²) in [5, 5.41) is 6.15. The van der Waals surface area contributed by atoms with E-state index in [9.17, 15) is 4.79 Å².